The molecule has 1 aliphatic heterocycles. The van der Waals surface area contributed by atoms with E-state index in [1.807, 2.05) is 13.8 Å². The standard InChI is InChI=1S/C11H20N4O2/c1-3-11(4-2,7-12)13-10(17)8-5-6-9(16)15-14-8/h3-7,12H2,1-2H3,(H,13,17)(H,15,16). The fraction of sp³-hybridized carbons (Fsp3) is 0.727. The Bertz CT molecular complexity index is 326. The lowest BCUT2D eigenvalue weighted by Crippen LogP contribution is -2.55. The van der Waals surface area contributed by atoms with Crippen molar-refractivity contribution in [3.05, 3.63) is 0 Å². The zero-order valence-corrected chi connectivity index (χ0v) is 10.4. The molecule has 6 nitrogen and oxygen atoms in total. The second-order valence-corrected chi connectivity index (χ2v) is 4.24. The number of rotatable bonds is 5. The fourth-order valence-electron chi connectivity index (χ4n) is 1.72. The number of nitrogens with zero attached hydrogens (tertiary/aromatic N) is 1. The smallest absolute Gasteiger partial charge is 0.267 e. The van der Waals surface area contributed by atoms with Crippen LogP contribution in [0.4, 0.5) is 0 Å². The summed E-state index contributed by atoms with van der Waals surface area (Å²) in [7, 11) is 0. The van der Waals surface area contributed by atoms with E-state index >= 15 is 0 Å². The van der Waals surface area contributed by atoms with Crippen LogP contribution in [0.1, 0.15) is 39.5 Å². The van der Waals surface area contributed by atoms with Crippen LogP contribution in [0.5, 0.6) is 0 Å². The summed E-state index contributed by atoms with van der Waals surface area (Å²) < 4.78 is 0. The van der Waals surface area contributed by atoms with Crippen LogP contribution in [0.3, 0.4) is 0 Å². The molecule has 0 saturated carbocycles. The molecular formula is C11H20N4O2. The first-order chi connectivity index (χ1) is 8.06. The van der Waals surface area contributed by atoms with Gasteiger partial charge in [-0.2, -0.15) is 5.10 Å². The summed E-state index contributed by atoms with van der Waals surface area (Å²) in [4.78, 5) is 22.9. The van der Waals surface area contributed by atoms with Crippen LogP contribution in [-0.4, -0.2) is 29.6 Å². The van der Waals surface area contributed by atoms with Crippen molar-refractivity contribution in [2.75, 3.05) is 6.54 Å². The van der Waals surface area contributed by atoms with Gasteiger partial charge in [-0.3, -0.25) is 9.59 Å². The molecule has 1 rings (SSSR count). The molecule has 0 unspecified atom stereocenters. The molecule has 0 aliphatic carbocycles. The molecule has 6 heteroatoms. The molecule has 1 aliphatic rings. The van der Waals surface area contributed by atoms with E-state index in [-0.39, 0.29) is 17.4 Å². The van der Waals surface area contributed by atoms with E-state index in [4.69, 9.17) is 5.73 Å². The summed E-state index contributed by atoms with van der Waals surface area (Å²) in [6.45, 7) is 4.37. The minimum atomic E-state index is -0.374. The van der Waals surface area contributed by atoms with E-state index in [9.17, 15) is 9.59 Å². The molecule has 0 aromatic carbocycles. The van der Waals surface area contributed by atoms with Crippen LogP contribution < -0.4 is 16.5 Å². The summed E-state index contributed by atoms with van der Waals surface area (Å²) in [6.07, 6.45) is 2.22. The van der Waals surface area contributed by atoms with E-state index in [1.165, 1.54) is 0 Å². The van der Waals surface area contributed by atoms with Crippen molar-refractivity contribution in [1.29, 1.82) is 0 Å². The minimum absolute atomic E-state index is 0.155. The molecule has 0 aromatic heterocycles. The highest BCUT2D eigenvalue weighted by Gasteiger charge is 2.29. The maximum Gasteiger partial charge on any atom is 0.267 e. The Morgan fingerprint density at radius 2 is 2.12 bits per heavy atom. The van der Waals surface area contributed by atoms with Crippen LogP contribution in [0, 0.1) is 0 Å². The topological polar surface area (TPSA) is 96.6 Å². The highest BCUT2D eigenvalue weighted by molar-refractivity contribution is 6.39. The van der Waals surface area contributed by atoms with Gasteiger partial charge in [-0.05, 0) is 12.8 Å². The molecule has 0 spiro atoms. The van der Waals surface area contributed by atoms with Gasteiger partial charge in [0.25, 0.3) is 5.91 Å². The molecule has 0 atom stereocenters. The van der Waals surface area contributed by atoms with Gasteiger partial charge >= 0.3 is 0 Å². The highest BCUT2D eigenvalue weighted by atomic mass is 16.2. The zero-order chi connectivity index (χ0) is 12.9. The Morgan fingerprint density at radius 3 is 2.53 bits per heavy atom. The van der Waals surface area contributed by atoms with E-state index in [0.29, 0.717) is 25.1 Å². The Balaban J connectivity index is 2.68. The fourth-order valence-corrected chi connectivity index (χ4v) is 1.72. The number of amides is 2. The molecule has 0 radical (unpaired) electrons. The van der Waals surface area contributed by atoms with Gasteiger partial charge in [0.1, 0.15) is 5.71 Å². The Labute approximate surface area is 101 Å². The number of hydrogen-bond donors (Lipinski definition) is 3. The van der Waals surface area contributed by atoms with Crippen LogP contribution in [0.2, 0.25) is 0 Å². The monoisotopic (exact) mass is 240 g/mol. The number of carbonyl (C=O) groups is 2. The molecule has 17 heavy (non-hydrogen) atoms. The third-order valence-corrected chi connectivity index (χ3v) is 3.29. The van der Waals surface area contributed by atoms with Crippen molar-refractivity contribution >= 4 is 17.5 Å². The van der Waals surface area contributed by atoms with Gasteiger partial charge < -0.3 is 11.1 Å². The maximum absolute atomic E-state index is 11.9. The summed E-state index contributed by atoms with van der Waals surface area (Å²) in [5.41, 5.74) is 8.01. The van der Waals surface area contributed by atoms with Gasteiger partial charge in [0.05, 0.1) is 5.54 Å². The number of carbonyl (C=O) groups excluding carboxylic acids is 2. The lowest BCUT2D eigenvalue weighted by molar-refractivity contribution is -0.121. The van der Waals surface area contributed by atoms with E-state index in [0.717, 1.165) is 12.8 Å². The van der Waals surface area contributed by atoms with Gasteiger partial charge in [0.2, 0.25) is 5.91 Å². The van der Waals surface area contributed by atoms with Crippen LogP contribution in [0.25, 0.3) is 0 Å². The largest absolute Gasteiger partial charge is 0.344 e. The Hall–Kier alpha value is -1.43. The summed E-state index contributed by atoms with van der Waals surface area (Å²) in [5, 5.41) is 6.68. The molecule has 2 amide bonds. The first-order valence-corrected chi connectivity index (χ1v) is 5.95. The molecule has 0 fully saturated rings. The Kier molecular flexibility index (Phi) is 4.62. The average molecular weight is 240 g/mol. The summed E-state index contributed by atoms with van der Waals surface area (Å²) >= 11 is 0. The molecule has 4 N–H and O–H groups in total. The number of nitrogens with one attached hydrogen (secondary N) is 2. The summed E-state index contributed by atoms with van der Waals surface area (Å²) in [5.74, 6) is -0.392. The highest BCUT2D eigenvalue weighted by Crippen LogP contribution is 2.13. The van der Waals surface area contributed by atoms with E-state index < -0.39 is 0 Å². The van der Waals surface area contributed by atoms with Gasteiger partial charge in [-0.25, -0.2) is 5.43 Å². The van der Waals surface area contributed by atoms with Gasteiger partial charge in [-0.15, -0.1) is 0 Å². The molecule has 0 aromatic rings. The predicted molar refractivity (Wildman–Crippen MR) is 65.3 cm³/mol. The average Bonchev–Trinajstić information content (AvgIpc) is 2.37. The van der Waals surface area contributed by atoms with Crippen molar-refractivity contribution in [2.24, 2.45) is 10.8 Å². The summed E-state index contributed by atoms with van der Waals surface area (Å²) in [6, 6.07) is 0. The predicted octanol–water partition coefficient (Wildman–Crippen LogP) is -0.114. The molecule has 96 valence electrons. The first kappa shape index (κ1) is 13.6. The Morgan fingerprint density at radius 1 is 1.47 bits per heavy atom. The quantitative estimate of drug-likeness (QED) is 0.625. The van der Waals surface area contributed by atoms with Crippen LogP contribution in [-0.2, 0) is 9.59 Å². The normalized spacial score (nSPS) is 16.2. The van der Waals surface area contributed by atoms with Crippen molar-refractivity contribution in [2.45, 2.75) is 45.1 Å². The molecule has 1 heterocycles. The SMILES string of the molecule is CCC(CC)(CN)NC(=O)C1=NNC(=O)CC1. The second-order valence-electron chi connectivity index (χ2n) is 4.24. The van der Waals surface area contributed by atoms with E-state index in [1.54, 1.807) is 0 Å². The maximum atomic E-state index is 11.9. The number of hydrogen-bond acceptors (Lipinski definition) is 4. The van der Waals surface area contributed by atoms with Crippen molar-refractivity contribution in [3.63, 3.8) is 0 Å². The van der Waals surface area contributed by atoms with Gasteiger partial charge in [0.15, 0.2) is 0 Å². The van der Waals surface area contributed by atoms with Gasteiger partial charge in [0, 0.05) is 19.4 Å². The van der Waals surface area contributed by atoms with Crippen molar-refractivity contribution < 1.29 is 9.59 Å². The molecule has 0 saturated heterocycles. The van der Waals surface area contributed by atoms with Crippen LogP contribution >= 0.6 is 0 Å². The van der Waals surface area contributed by atoms with Crippen LogP contribution in [0.15, 0.2) is 5.10 Å². The zero-order valence-electron chi connectivity index (χ0n) is 10.4. The minimum Gasteiger partial charge on any atom is -0.344 e. The lowest BCUT2D eigenvalue weighted by atomic mass is 9.92. The van der Waals surface area contributed by atoms with Gasteiger partial charge in [-0.1, -0.05) is 13.8 Å². The third-order valence-electron chi connectivity index (χ3n) is 3.29. The van der Waals surface area contributed by atoms with Crippen molar-refractivity contribution in [1.82, 2.24) is 10.7 Å². The number of hydrazone groups is 1. The number of nitrogens with two attached hydrogens (primary N) is 1. The van der Waals surface area contributed by atoms with E-state index in [2.05, 4.69) is 15.8 Å². The molecular weight excluding hydrogens is 220 g/mol. The first-order valence-electron chi connectivity index (χ1n) is 5.95. The lowest BCUT2D eigenvalue weighted by Gasteiger charge is -2.31. The third kappa shape index (κ3) is 3.26. The molecule has 0 bridgehead atoms. The second kappa shape index (κ2) is 5.77. The van der Waals surface area contributed by atoms with Crippen molar-refractivity contribution in [3.8, 4) is 0 Å².